The fourth-order valence-electron chi connectivity index (χ4n) is 1.17. The molecule has 0 aliphatic heterocycles. The number of aromatic amines is 1. The van der Waals surface area contributed by atoms with Crippen LogP contribution in [0.1, 0.15) is 0 Å². The van der Waals surface area contributed by atoms with Crippen molar-refractivity contribution in [3.05, 3.63) is 36.7 Å². The lowest BCUT2D eigenvalue weighted by atomic mass is 10.3. The highest BCUT2D eigenvalue weighted by Gasteiger charge is 1.96. The number of hydrogen-bond donors (Lipinski definition) is 2. The van der Waals surface area contributed by atoms with Gasteiger partial charge in [0.1, 0.15) is 0 Å². The third kappa shape index (κ3) is 2.09. The van der Waals surface area contributed by atoms with Gasteiger partial charge in [-0.3, -0.25) is 0 Å². The second-order valence-electron chi connectivity index (χ2n) is 2.79. The monoisotopic (exact) mass is 205 g/mol. The van der Waals surface area contributed by atoms with Gasteiger partial charge in [0, 0.05) is 23.0 Å². The molecule has 4 heteroatoms. The van der Waals surface area contributed by atoms with Crippen molar-refractivity contribution in [2.75, 3.05) is 11.6 Å². The van der Waals surface area contributed by atoms with Crippen LogP contribution in [0.4, 0.5) is 11.6 Å². The molecule has 0 saturated carbocycles. The highest BCUT2D eigenvalue weighted by molar-refractivity contribution is 7.98. The molecular formula is C10H11N3S. The van der Waals surface area contributed by atoms with Crippen LogP contribution in [-0.2, 0) is 0 Å². The van der Waals surface area contributed by atoms with E-state index >= 15 is 0 Å². The molecule has 1 aromatic heterocycles. The van der Waals surface area contributed by atoms with E-state index in [2.05, 4.69) is 33.7 Å². The summed E-state index contributed by atoms with van der Waals surface area (Å²) in [6, 6.07) is 8.21. The predicted octanol–water partition coefficient (Wildman–Crippen LogP) is 2.88. The van der Waals surface area contributed by atoms with E-state index in [-0.39, 0.29) is 0 Å². The number of nitrogens with zero attached hydrogens (tertiary/aromatic N) is 1. The summed E-state index contributed by atoms with van der Waals surface area (Å²) in [5, 5.41) is 3.18. The molecule has 0 unspecified atom stereocenters. The van der Waals surface area contributed by atoms with Crippen LogP contribution in [0.2, 0.25) is 0 Å². The first-order valence-electron chi connectivity index (χ1n) is 4.29. The average Bonchev–Trinajstić information content (AvgIpc) is 2.71. The van der Waals surface area contributed by atoms with Crippen LogP contribution in [0.25, 0.3) is 0 Å². The van der Waals surface area contributed by atoms with Gasteiger partial charge in [-0.1, -0.05) is 6.07 Å². The van der Waals surface area contributed by atoms with E-state index in [1.807, 2.05) is 12.1 Å². The molecule has 0 amide bonds. The van der Waals surface area contributed by atoms with Crippen LogP contribution in [0.15, 0.2) is 41.6 Å². The normalized spacial score (nSPS) is 10.1. The standard InChI is InChI=1S/C10H11N3S/c1-14-9-4-2-3-8(7-9)13-10-11-5-6-12-10/h2-7H,1H3,(H2,11,12,13). The van der Waals surface area contributed by atoms with Gasteiger partial charge in [-0.15, -0.1) is 11.8 Å². The Labute approximate surface area is 87.0 Å². The summed E-state index contributed by atoms with van der Waals surface area (Å²) in [6.45, 7) is 0. The molecular weight excluding hydrogens is 194 g/mol. The summed E-state index contributed by atoms with van der Waals surface area (Å²) in [5.74, 6) is 0.767. The second-order valence-corrected chi connectivity index (χ2v) is 3.67. The maximum atomic E-state index is 4.09. The molecule has 0 fully saturated rings. The molecule has 1 aromatic carbocycles. The molecule has 1 heterocycles. The maximum Gasteiger partial charge on any atom is 0.204 e. The number of thioether (sulfide) groups is 1. The maximum absolute atomic E-state index is 4.09. The summed E-state index contributed by atoms with van der Waals surface area (Å²) in [7, 11) is 0. The summed E-state index contributed by atoms with van der Waals surface area (Å²) in [5.41, 5.74) is 1.05. The zero-order valence-electron chi connectivity index (χ0n) is 7.82. The van der Waals surface area contributed by atoms with Gasteiger partial charge < -0.3 is 10.3 Å². The van der Waals surface area contributed by atoms with Gasteiger partial charge >= 0.3 is 0 Å². The Morgan fingerprint density at radius 1 is 1.43 bits per heavy atom. The summed E-state index contributed by atoms with van der Waals surface area (Å²) in [4.78, 5) is 8.33. The molecule has 2 N–H and O–H groups in total. The molecule has 0 aliphatic rings. The zero-order chi connectivity index (χ0) is 9.80. The van der Waals surface area contributed by atoms with Crippen molar-refractivity contribution in [2.24, 2.45) is 0 Å². The minimum Gasteiger partial charge on any atom is -0.331 e. The molecule has 0 saturated heterocycles. The van der Waals surface area contributed by atoms with E-state index in [1.54, 1.807) is 24.2 Å². The smallest absolute Gasteiger partial charge is 0.204 e. The van der Waals surface area contributed by atoms with E-state index in [0.29, 0.717) is 0 Å². The number of rotatable bonds is 3. The Balaban J connectivity index is 2.17. The highest BCUT2D eigenvalue weighted by Crippen LogP contribution is 2.20. The summed E-state index contributed by atoms with van der Waals surface area (Å²) >= 11 is 1.72. The van der Waals surface area contributed by atoms with E-state index in [9.17, 15) is 0 Å². The molecule has 3 nitrogen and oxygen atoms in total. The number of H-pyrrole nitrogens is 1. The van der Waals surface area contributed by atoms with E-state index < -0.39 is 0 Å². The molecule has 0 aliphatic carbocycles. The number of benzene rings is 1. The molecule has 0 radical (unpaired) electrons. The van der Waals surface area contributed by atoms with Gasteiger partial charge in [-0.2, -0.15) is 0 Å². The molecule has 2 rings (SSSR count). The predicted molar refractivity (Wildman–Crippen MR) is 60.1 cm³/mol. The third-order valence-electron chi connectivity index (χ3n) is 1.83. The van der Waals surface area contributed by atoms with Gasteiger partial charge in [0.05, 0.1) is 0 Å². The lowest BCUT2D eigenvalue weighted by Gasteiger charge is -2.03. The molecule has 72 valence electrons. The lowest BCUT2D eigenvalue weighted by molar-refractivity contribution is 1.28. The average molecular weight is 205 g/mol. The van der Waals surface area contributed by atoms with Gasteiger partial charge in [0.25, 0.3) is 0 Å². The number of hydrogen-bond acceptors (Lipinski definition) is 3. The Morgan fingerprint density at radius 2 is 2.36 bits per heavy atom. The van der Waals surface area contributed by atoms with E-state index in [0.717, 1.165) is 11.6 Å². The molecule has 14 heavy (non-hydrogen) atoms. The SMILES string of the molecule is CSc1cccc(Nc2ncc[nH]2)c1. The zero-order valence-corrected chi connectivity index (χ0v) is 8.64. The Hall–Kier alpha value is -1.42. The fourth-order valence-corrected chi connectivity index (χ4v) is 1.63. The number of imidazole rings is 1. The molecule has 0 bridgehead atoms. The minimum absolute atomic E-state index is 0.767. The van der Waals surface area contributed by atoms with Crippen LogP contribution in [0.5, 0.6) is 0 Å². The van der Waals surface area contributed by atoms with Gasteiger partial charge in [-0.25, -0.2) is 4.98 Å². The van der Waals surface area contributed by atoms with E-state index in [4.69, 9.17) is 0 Å². The topological polar surface area (TPSA) is 40.7 Å². The fraction of sp³-hybridized carbons (Fsp3) is 0.100. The minimum atomic E-state index is 0.767. The second kappa shape index (κ2) is 4.19. The van der Waals surface area contributed by atoms with Crippen LogP contribution in [0.3, 0.4) is 0 Å². The Kier molecular flexibility index (Phi) is 2.74. The highest BCUT2D eigenvalue weighted by atomic mass is 32.2. The first-order chi connectivity index (χ1) is 6.88. The van der Waals surface area contributed by atoms with Crippen molar-refractivity contribution in [3.63, 3.8) is 0 Å². The van der Waals surface area contributed by atoms with Crippen molar-refractivity contribution in [1.29, 1.82) is 0 Å². The Morgan fingerprint density at radius 3 is 3.07 bits per heavy atom. The van der Waals surface area contributed by atoms with Crippen LogP contribution in [0, 0.1) is 0 Å². The Bertz CT molecular complexity index is 398. The van der Waals surface area contributed by atoms with Crippen molar-refractivity contribution in [2.45, 2.75) is 4.90 Å². The molecule has 0 atom stereocenters. The molecule has 0 spiro atoms. The first-order valence-corrected chi connectivity index (χ1v) is 5.51. The van der Waals surface area contributed by atoms with Gasteiger partial charge in [0.15, 0.2) is 0 Å². The van der Waals surface area contributed by atoms with Crippen molar-refractivity contribution in [3.8, 4) is 0 Å². The van der Waals surface area contributed by atoms with Crippen molar-refractivity contribution in [1.82, 2.24) is 9.97 Å². The third-order valence-corrected chi connectivity index (χ3v) is 2.56. The van der Waals surface area contributed by atoms with Gasteiger partial charge in [0.2, 0.25) is 5.95 Å². The first kappa shape index (κ1) is 9.15. The van der Waals surface area contributed by atoms with Gasteiger partial charge in [-0.05, 0) is 24.5 Å². The van der Waals surface area contributed by atoms with Crippen molar-refractivity contribution >= 4 is 23.4 Å². The van der Waals surface area contributed by atoms with Crippen molar-refractivity contribution < 1.29 is 0 Å². The summed E-state index contributed by atoms with van der Waals surface area (Å²) in [6.07, 6.45) is 5.58. The lowest BCUT2D eigenvalue weighted by Crippen LogP contribution is -1.91. The quantitative estimate of drug-likeness (QED) is 0.757. The van der Waals surface area contributed by atoms with E-state index in [1.165, 1.54) is 4.90 Å². The van der Waals surface area contributed by atoms with Crippen LogP contribution >= 0.6 is 11.8 Å². The molecule has 2 aromatic rings. The van der Waals surface area contributed by atoms with Crippen LogP contribution < -0.4 is 5.32 Å². The number of anilines is 2. The number of aromatic nitrogens is 2. The number of nitrogens with one attached hydrogen (secondary N) is 2. The largest absolute Gasteiger partial charge is 0.331 e. The summed E-state index contributed by atoms with van der Waals surface area (Å²) < 4.78 is 0. The van der Waals surface area contributed by atoms with Crippen LogP contribution in [-0.4, -0.2) is 16.2 Å².